The van der Waals surface area contributed by atoms with E-state index >= 15 is 0 Å². The van der Waals surface area contributed by atoms with E-state index < -0.39 is 0 Å². The summed E-state index contributed by atoms with van der Waals surface area (Å²) in [6, 6.07) is 4.37. The smallest absolute Gasteiger partial charge is 0.319 e. The van der Waals surface area contributed by atoms with Gasteiger partial charge in [-0.1, -0.05) is 11.6 Å². The molecule has 0 aliphatic rings. The molecule has 8 heteroatoms. The normalized spacial score (nSPS) is 10.4. The number of benzene rings is 1. The number of halogens is 2. The van der Waals surface area contributed by atoms with E-state index in [9.17, 15) is 9.59 Å². The van der Waals surface area contributed by atoms with Gasteiger partial charge >= 0.3 is 6.03 Å². The van der Waals surface area contributed by atoms with Crippen LogP contribution >= 0.6 is 24.0 Å². The Morgan fingerprint density at radius 2 is 1.91 bits per heavy atom. The molecule has 0 radical (unpaired) electrons. The first-order valence-electron chi connectivity index (χ1n) is 6.60. The van der Waals surface area contributed by atoms with Crippen LogP contribution in [0.2, 0.25) is 5.02 Å². The molecular weight excluding hydrogens is 327 g/mol. The number of hydrogen-bond donors (Lipinski definition) is 4. The third-order valence-corrected chi connectivity index (χ3v) is 2.72. The van der Waals surface area contributed by atoms with Crippen molar-refractivity contribution >= 4 is 41.6 Å². The summed E-state index contributed by atoms with van der Waals surface area (Å²) in [5.74, 6) is -0.328. The van der Waals surface area contributed by atoms with Gasteiger partial charge < -0.3 is 21.7 Å². The van der Waals surface area contributed by atoms with Crippen molar-refractivity contribution in [3.63, 3.8) is 0 Å². The largest absolute Gasteiger partial charge is 0.351 e. The van der Waals surface area contributed by atoms with E-state index in [1.165, 1.54) is 6.07 Å². The molecule has 1 aromatic rings. The van der Waals surface area contributed by atoms with Crippen molar-refractivity contribution in [3.05, 3.63) is 28.8 Å². The molecule has 0 spiro atoms. The van der Waals surface area contributed by atoms with Gasteiger partial charge in [0.25, 0.3) is 5.91 Å². The molecule has 0 aromatic heterocycles. The van der Waals surface area contributed by atoms with Crippen LogP contribution in [0.4, 0.5) is 10.5 Å². The lowest BCUT2D eigenvalue weighted by Crippen LogP contribution is -2.43. The number of carbonyl (C=O) groups is 2. The van der Waals surface area contributed by atoms with Gasteiger partial charge in [0.15, 0.2) is 0 Å². The Labute approximate surface area is 141 Å². The van der Waals surface area contributed by atoms with Crippen LogP contribution in [-0.4, -0.2) is 30.6 Å². The Morgan fingerprint density at radius 3 is 2.45 bits per heavy atom. The quantitative estimate of drug-likeness (QED) is 0.672. The van der Waals surface area contributed by atoms with E-state index in [1.54, 1.807) is 12.1 Å². The lowest BCUT2D eigenvalue weighted by Gasteiger charge is -2.21. The summed E-state index contributed by atoms with van der Waals surface area (Å²) in [5.41, 5.74) is 5.76. The maximum atomic E-state index is 11.9. The molecule has 3 amide bonds. The predicted molar refractivity (Wildman–Crippen MR) is 92.0 cm³/mol. The number of nitrogens with two attached hydrogens (primary N) is 1. The van der Waals surface area contributed by atoms with Crippen LogP contribution in [0.1, 0.15) is 31.1 Å². The van der Waals surface area contributed by atoms with Gasteiger partial charge in [-0.2, -0.15) is 0 Å². The average Bonchev–Trinajstić information content (AvgIpc) is 2.36. The highest BCUT2D eigenvalue weighted by atomic mass is 35.5. The molecular formula is C14H22Cl2N4O2. The summed E-state index contributed by atoms with van der Waals surface area (Å²) in [5, 5.41) is 8.37. The zero-order valence-electron chi connectivity index (χ0n) is 12.8. The Hall–Kier alpha value is -1.50. The summed E-state index contributed by atoms with van der Waals surface area (Å²) in [6.45, 7) is 6.33. The van der Waals surface area contributed by atoms with Crippen LogP contribution in [-0.2, 0) is 0 Å². The van der Waals surface area contributed by atoms with Crippen molar-refractivity contribution in [3.8, 4) is 0 Å². The van der Waals surface area contributed by atoms with E-state index in [0.717, 1.165) is 0 Å². The molecule has 0 unspecified atom stereocenters. The number of anilines is 1. The van der Waals surface area contributed by atoms with Gasteiger partial charge in [-0.15, -0.1) is 12.4 Å². The van der Waals surface area contributed by atoms with Crippen molar-refractivity contribution in [2.24, 2.45) is 5.73 Å². The first kappa shape index (κ1) is 20.5. The van der Waals surface area contributed by atoms with Gasteiger partial charge in [0.1, 0.15) is 0 Å². The van der Waals surface area contributed by atoms with Crippen LogP contribution in [0.3, 0.4) is 0 Å². The summed E-state index contributed by atoms with van der Waals surface area (Å²) in [4.78, 5) is 23.7. The first-order valence-corrected chi connectivity index (χ1v) is 6.98. The zero-order chi connectivity index (χ0) is 16.0. The van der Waals surface area contributed by atoms with Gasteiger partial charge in [-0.25, -0.2) is 4.79 Å². The fourth-order valence-electron chi connectivity index (χ4n) is 1.56. The molecule has 0 fully saturated rings. The number of rotatable bonds is 4. The van der Waals surface area contributed by atoms with Crippen LogP contribution in [0, 0.1) is 0 Å². The maximum absolute atomic E-state index is 11.9. The second kappa shape index (κ2) is 8.82. The van der Waals surface area contributed by atoms with Gasteiger partial charge in [-0.05, 0) is 39.0 Å². The Morgan fingerprint density at radius 1 is 1.27 bits per heavy atom. The van der Waals surface area contributed by atoms with Crippen molar-refractivity contribution in [1.29, 1.82) is 0 Å². The minimum absolute atomic E-state index is 0. The highest BCUT2D eigenvalue weighted by molar-refractivity contribution is 6.34. The van der Waals surface area contributed by atoms with E-state index in [4.69, 9.17) is 17.3 Å². The minimum atomic E-state index is -0.349. The lowest BCUT2D eigenvalue weighted by atomic mass is 10.1. The number of nitrogens with one attached hydrogen (secondary N) is 3. The Bertz CT molecular complexity index is 530. The summed E-state index contributed by atoms with van der Waals surface area (Å²) >= 11 is 5.99. The van der Waals surface area contributed by atoms with Gasteiger partial charge in [-0.3, -0.25) is 4.79 Å². The summed E-state index contributed by atoms with van der Waals surface area (Å²) in [6.07, 6.45) is 0. The fraction of sp³-hybridized carbons (Fsp3) is 0.429. The number of amides is 3. The predicted octanol–water partition coefficient (Wildman–Crippen LogP) is 2.37. The topological polar surface area (TPSA) is 96.2 Å². The molecule has 0 saturated heterocycles. The minimum Gasteiger partial charge on any atom is -0.351 e. The molecule has 5 N–H and O–H groups in total. The number of urea groups is 1. The highest BCUT2D eigenvalue weighted by Gasteiger charge is 2.15. The van der Waals surface area contributed by atoms with Crippen LogP contribution in [0.5, 0.6) is 0 Å². The average molecular weight is 349 g/mol. The molecule has 0 atom stereocenters. The number of hydrogen-bond acceptors (Lipinski definition) is 3. The van der Waals surface area contributed by atoms with E-state index in [1.807, 2.05) is 20.8 Å². The SMILES string of the molecule is CC(C)(C)NC(=O)Nc1ccc(Cl)c(C(=O)NCCN)c1.Cl. The second-order valence-electron chi connectivity index (χ2n) is 5.57. The van der Waals surface area contributed by atoms with E-state index in [-0.39, 0.29) is 29.9 Å². The third kappa shape index (κ3) is 6.98. The molecule has 0 bridgehead atoms. The van der Waals surface area contributed by atoms with Crippen molar-refractivity contribution < 1.29 is 9.59 Å². The fourth-order valence-corrected chi connectivity index (χ4v) is 1.76. The second-order valence-corrected chi connectivity index (χ2v) is 5.98. The van der Waals surface area contributed by atoms with Crippen molar-refractivity contribution in [2.75, 3.05) is 18.4 Å². The van der Waals surface area contributed by atoms with Gasteiger partial charge in [0, 0.05) is 24.3 Å². The van der Waals surface area contributed by atoms with E-state index in [2.05, 4.69) is 16.0 Å². The molecule has 1 aromatic carbocycles. The molecule has 6 nitrogen and oxygen atoms in total. The Kier molecular flexibility index (Phi) is 8.22. The van der Waals surface area contributed by atoms with Gasteiger partial charge in [0.2, 0.25) is 0 Å². The molecule has 0 aliphatic carbocycles. The summed E-state index contributed by atoms with van der Waals surface area (Å²) < 4.78 is 0. The Balaban J connectivity index is 0.00000441. The van der Waals surface area contributed by atoms with Crippen LogP contribution in [0.15, 0.2) is 18.2 Å². The maximum Gasteiger partial charge on any atom is 0.319 e. The molecule has 0 heterocycles. The van der Waals surface area contributed by atoms with Crippen molar-refractivity contribution in [2.45, 2.75) is 26.3 Å². The molecule has 0 aliphatic heterocycles. The van der Waals surface area contributed by atoms with Gasteiger partial charge in [0.05, 0.1) is 10.6 Å². The van der Waals surface area contributed by atoms with Crippen LogP contribution in [0.25, 0.3) is 0 Å². The zero-order valence-corrected chi connectivity index (χ0v) is 14.4. The van der Waals surface area contributed by atoms with E-state index in [0.29, 0.717) is 29.4 Å². The monoisotopic (exact) mass is 348 g/mol. The molecule has 124 valence electrons. The first-order chi connectivity index (χ1) is 9.73. The lowest BCUT2D eigenvalue weighted by molar-refractivity contribution is 0.0955. The van der Waals surface area contributed by atoms with Crippen LogP contribution < -0.4 is 21.7 Å². The third-order valence-electron chi connectivity index (χ3n) is 2.39. The highest BCUT2D eigenvalue weighted by Crippen LogP contribution is 2.20. The molecule has 22 heavy (non-hydrogen) atoms. The molecule has 1 rings (SSSR count). The summed E-state index contributed by atoms with van der Waals surface area (Å²) in [7, 11) is 0. The number of carbonyl (C=O) groups excluding carboxylic acids is 2. The molecule has 0 saturated carbocycles. The standard InChI is InChI=1S/C14H21ClN4O2.ClH/c1-14(2,3)19-13(21)18-9-4-5-11(15)10(8-9)12(20)17-7-6-16;/h4-5,8H,6-7,16H2,1-3H3,(H,17,20)(H2,18,19,21);1H. The van der Waals surface area contributed by atoms with Crippen molar-refractivity contribution in [1.82, 2.24) is 10.6 Å².